The third-order valence-corrected chi connectivity index (χ3v) is 3.86. The Labute approximate surface area is 130 Å². The summed E-state index contributed by atoms with van der Waals surface area (Å²) in [6.45, 7) is -0.0318. The molecule has 0 fully saturated rings. The zero-order valence-corrected chi connectivity index (χ0v) is 12.4. The molecular weight excluding hydrogens is 329 g/mol. The van der Waals surface area contributed by atoms with Crippen LogP contribution in [0.15, 0.2) is 52.0 Å². The van der Waals surface area contributed by atoms with Gasteiger partial charge in [0.15, 0.2) is 0 Å². The summed E-state index contributed by atoms with van der Waals surface area (Å²) in [5.41, 5.74) is 1.73. The van der Waals surface area contributed by atoms with Crippen molar-refractivity contribution < 1.29 is 26.8 Å². The molecule has 0 aliphatic heterocycles. The summed E-state index contributed by atoms with van der Waals surface area (Å²) in [4.78, 5) is 24.3. The van der Waals surface area contributed by atoms with Crippen molar-refractivity contribution in [2.24, 2.45) is 0 Å². The lowest BCUT2D eigenvalue weighted by Crippen LogP contribution is -2.48. The minimum Gasteiger partial charge on any atom is -0.467 e. The fourth-order valence-corrected chi connectivity index (χ4v) is 2.39. The maximum absolute atomic E-state index is 13.0. The van der Waals surface area contributed by atoms with Crippen molar-refractivity contribution in [3.05, 3.63) is 54.2 Å². The van der Waals surface area contributed by atoms with E-state index in [1.807, 2.05) is 0 Å². The molecule has 0 aliphatic carbocycles. The number of hydrazine groups is 1. The van der Waals surface area contributed by atoms with E-state index in [0.29, 0.717) is 5.76 Å². The van der Waals surface area contributed by atoms with E-state index in [0.717, 1.165) is 18.2 Å². The van der Waals surface area contributed by atoms with Crippen molar-refractivity contribution in [3.63, 3.8) is 0 Å². The lowest BCUT2D eigenvalue weighted by atomic mass is 10.4. The van der Waals surface area contributed by atoms with Crippen LogP contribution in [0.1, 0.15) is 5.76 Å². The van der Waals surface area contributed by atoms with E-state index in [4.69, 9.17) is 4.42 Å². The van der Waals surface area contributed by atoms with Gasteiger partial charge in [-0.1, -0.05) is 6.07 Å². The molecule has 2 aromatic rings. The van der Waals surface area contributed by atoms with Gasteiger partial charge in [0.1, 0.15) is 11.6 Å². The first-order chi connectivity index (χ1) is 10.9. The Kier molecular flexibility index (Phi) is 5.09. The highest BCUT2D eigenvalue weighted by atomic mass is 32.2. The molecule has 0 saturated carbocycles. The first-order valence-electron chi connectivity index (χ1n) is 6.26. The van der Waals surface area contributed by atoms with Crippen molar-refractivity contribution >= 4 is 21.8 Å². The molecule has 8 nitrogen and oxygen atoms in total. The molecule has 2 amide bonds. The molecule has 0 bridgehead atoms. The largest absolute Gasteiger partial charge is 0.467 e. The van der Waals surface area contributed by atoms with Crippen LogP contribution in [0.5, 0.6) is 0 Å². The van der Waals surface area contributed by atoms with Gasteiger partial charge in [-0.25, -0.2) is 12.8 Å². The Balaban J connectivity index is 1.89. The Bertz CT molecular complexity index is 805. The number of carbonyl (C=O) groups is 2. The molecule has 0 unspecified atom stereocenters. The third kappa shape index (κ3) is 4.63. The van der Waals surface area contributed by atoms with Crippen molar-refractivity contribution in [2.75, 3.05) is 0 Å². The van der Waals surface area contributed by atoms with E-state index >= 15 is 0 Å². The van der Waals surface area contributed by atoms with E-state index in [9.17, 15) is 22.4 Å². The Morgan fingerprint density at radius 1 is 1.13 bits per heavy atom. The number of halogens is 1. The van der Waals surface area contributed by atoms with Crippen LogP contribution < -0.4 is 15.6 Å². The van der Waals surface area contributed by atoms with Crippen molar-refractivity contribution in [2.45, 2.75) is 11.4 Å². The van der Waals surface area contributed by atoms with Gasteiger partial charge in [0.25, 0.3) is 10.0 Å². The van der Waals surface area contributed by atoms with Crippen molar-refractivity contribution in [1.29, 1.82) is 0 Å². The summed E-state index contributed by atoms with van der Waals surface area (Å²) in [6.07, 6.45) is 1.40. The normalized spacial score (nSPS) is 11.0. The first kappa shape index (κ1) is 16.6. The smallest absolute Gasteiger partial charge is 0.324 e. The second kappa shape index (κ2) is 7.03. The minimum absolute atomic E-state index is 0.0318. The fraction of sp³-hybridized carbons (Fsp3) is 0.0769. The number of benzene rings is 1. The molecule has 0 atom stereocenters. The maximum Gasteiger partial charge on any atom is 0.324 e. The second-order valence-electron chi connectivity index (χ2n) is 4.28. The van der Waals surface area contributed by atoms with Gasteiger partial charge in [-0.05, 0) is 30.3 Å². The molecule has 3 N–H and O–H groups in total. The van der Waals surface area contributed by atoms with E-state index in [-0.39, 0.29) is 6.54 Å². The Morgan fingerprint density at radius 3 is 2.57 bits per heavy atom. The molecular formula is C13H12FN3O5S. The van der Waals surface area contributed by atoms with Crippen LogP contribution in [0, 0.1) is 5.82 Å². The van der Waals surface area contributed by atoms with Crippen LogP contribution >= 0.6 is 0 Å². The van der Waals surface area contributed by atoms with Crippen LogP contribution in [0.25, 0.3) is 0 Å². The zero-order valence-electron chi connectivity index (χ0n) is 11.6. The SMILES string of the molecule is O=C(NCc1ccco1)C(=O)NNS(=O)(=O)c1cccc(F)c1. The standard InChI is InChI=1S/C13H12FN3O5S/c14-9-3-1-5-11(7-9)23(20,21)17-16-13(19)12(18)15-8-10-4-2-6-22-10/h1-7,17H,8H2,(H,15,18)(H,16,19). The topological polar surface area (TPSA) is 118 Å². The molecule has 0 aliphatic rings. The van der Waals surface area contributed by atoms with Gasteiger partial charge in [0, 0.05) is 0 Å². The molecule has 2 rings (SSSR count). The van der Waals surface area contributed by atoms with Crippen LogP contribution in [0.4, 0.5) is 4.39 Å². The molecule has 1 aromatic heterocycles. The number of rotatable bonds is 5. The highest BCUT2D eigenvalue weighted by molar-refractivity contribution is 7.89. The average Bonchev–Trinajstić information content (AvgIpc) is 3.03. The van der Waals surface area contributed by atoms with Crippen molar-refractivity contribution in [3.8, 4) is 0 Å². The molecule has 1 aromatic carbocycles. The highest BCUT2D eigenvalue weighted by Gasteiger charge is 2.19. The van der Waals surface area contributed by atoms with Gasteiger partial charge >= 0.3 is 11.8 Å². The van der Waals surface area contributed by atoms with Gasteiger partial charge in [0.2, 0.25) is 0 Å². The summed E-state index contributed by atoms with van der Waals surface area (Å²) < 4.78 is 41.6. The quantitative estimate of drug-likeness (QED) is 0.524. The van der Waals surface area contributed by atoms with Crippen molar-refractivity contribution in [1.82, 2.24) is 15.6 Å². The predicted octanol–water partition coefficient (Wildman–Crippen LogP) is 0.0446. The minimum atomic E-state index is -4.19. The summed E-state index contributed by atoms with van der Waals surface area (Å²) in [5, 5.41) is 2.23. The predicted molar refractivity (Wildman–Crippen MR) is 75.4 cm³/mol. The average molecular weight is 341 g/mol. The van der Waals surface area contributed by atoms with E-state index in [1.54, 1.807) is 22.4 Å². The van der Waals surface area contributed by atoms with Gasteiger partial charge < -0.3 is 9.73 Å². The van der Waals surface area contributed by atoms with Crippen LogP contribution in [-0.4, -0.2) is 20.2 Å². The molecule has 23 heavy (non-hydrogen) atoms. The fourth-order valence-electron chi connectivity index (χ4n) is 1.52. The van der Waals surface area contributed by atoms with Gasteiger partial charge in [-0.2, -0.15) is 0 Å². The summed E-state index contributed by atoms with van der Waals surface area (Å²) in [5.74, 6) is -2.62. The number of nitrogens with one attached hydrogen (secondary N) is 3. The molecule has 0 spiro atoms. The lowest BCUT2D eigenvalue weighted by Gasteiger charge is -2.08. The number of furan rings is 1. The number of sulfonamides is 1. The molecule has 10 heteroatoms. The number of hydrogen-bond acceptors (Lipinski definition) is 5. The number of carbonyl (C=O) groups excluding carboxylic acids is 2. The number of amides is 2. The molecule has 122 valence electrons. The van der Waals surface area contributed by atoms with E-state index in [1.165, 1.54) is 12.3 Å². The third-order valence-electron chi connectivity index (χ3n) is 2.61. The maximum atomic E-state index is 13.0. The monoisotopic (exact) mass is 341 g/mol. The number of hydrogen-bond donors (Lipinski definition) is 3. The summed E-state index contributed by atoms with van der Waals surface area (Å²) in [6, 6.07) is 7.36. The van der Waals surface area contributed by atoms with E-state index in [2.05, 4.69) is 5.32 Å². The van der Waals surface area contributed by atoms with E-state index < -0.39 is 32.6 Å². The van der Waals surface area contributed by atoms with Crippen LogP contribution in [-0.2, 0) is 26.2 Å². The Hall–Kier alpha value is -2.72. The summed E-state index contributed by atoms with van der Waals surface area (Å²) in [7, 11) is -4.19. The molecule has 0 radical (unpaired) electrons. The van der Waals surface area contributed by atoms with Gasteiger partial charge in [-0.15, -0.1) is 4.83 Å². The molecule has 1 heterocycles. The highest BCUT2D eigenvalue weighted by Crippen LogP contribution is 2.09. The van der Waals surface area contributed by atoms with Gasteiger partial charge in [-0.3, -0.25) is 15.0 Å². The summed E-state index contributed by atoms with van der Waals surface area (Å²) >= 11 is 0. The second-order valence-corrected chi connectivity index (χ2v) is 5.96. The zero-order chi connectivity index (χ0) is 16.9. The lowest BCUT2D eigenvalue weighted by molar-refractivity contribution is -0.139. The van der Waals surface area contributed by atoms with Crippen LogP contribution in [0.2, 0.25) is 0 Å². The Morgan fingerprint density at radius 2 is 1.91 bits per heavy atom. The first-order valence-corrected chi connectivity index (χ1v) is 7.75. The van der Waals surface area contributed by atoms with Crippen LogP contribution in [0.3, 0.4) is 0 Å². The molecule has 0 saturated heterocycles. The van der Waals surface area contributed by atoms with Gasteiger partial charge in [0.05, 0.1) is 17.7 Å².